The standard InChI is InChI=1S/C23H28N2O2.ClH/c24-16-23(12-4-5-13-23)25-22(26)21-14-20(21)18-8-10-19(11-9-18)27-15-17-6-2-1-3-7-17;/h1-3,6-11,20-21H,4-5,12-16,24H2,(H,25,26);1H. The summed E-state index contributed by atoms with van der Waals surface area (Å²) < 4.78 is 5.84. The van der Waals surface area contributed by atoms with Gasteiger partial charge in [-0.1, -0.05) is 55.3 Å². The lowest BCUT2D eigenvalue weighted by Crippen LogP contribution is -2.52. The van der Waals surface area contributed by atoms with Crippen LogP contribution in [0, 0.1) is 5.92 Å². The summed E-state index contributed by atoms with van der Waals surface area (Å²) in [6.07, 6.45) is 5.28. The maximum atomic E-state index is 12.6. The SMILES string of the molecule is Cl.NCC1(NC(=O)C2CC2c2ccc(OCc3ccccc3)cc2)CCCC1. The van der Waals surface area contributed by atoms with Crippen LogP contribution >= 0.6 is 12.4 Å². The Morgan fingerprint density at radius 1 is 1.07 bits per heavy atom. The van der Waals surface area contributed by atoms with Crippen LogP contribution in [0.3, 0.4) is 0 Å². The zero-order valence-corrected chi connectivity index (χ0v) is 16.9. The summed E-state index contributed by atoms with van der Waals surface area (Å²) in [6, 6.07) is 18.3. The highest BCUT2D eigenvalue weighted by Crippen LogP contribution is 2.48. The average molecular weight is 401 g/mol. The molecule has 0 spiro atoms. The molecule has 2 saturated carbocycles. The highest BCUT2D eigenvalue weighted by molar-refractivity contribution is 5.85. The van der Waals surface area contributed by atoms with E-state index in [1.54, 1.807) is 0 Å². The van der Waals surface area contributed by atoms with E-state index >= 15 is 0 Å². The Morgan fingerprint density at radius 2 is 1.75 bits per heavy atom. The molecule has 2 unspecified atom stereocenters. The molecule has 2 aromatic rings. The van der Waals surface area contributed by atoms with E-state index in [1.165, 1.54) is 5.56 Å². The van der Waals surface area contributed by atoms with Gasteiger partial charge in [-0.15, -0.1) is 12.4 Å². The fraction of sp³-hybridized carbons (Fsp3) is 0.435. The van der Waals surface area contributed by atoms with E-state index in [0.29, 0.717) is 19.1 Å². The van der Waals surface area contributed by atoms with Crippen LogP contribution in [0.25, 0.3) is 0 Å². The van der Waals surface area contributed by atoms with Crippen molar-refractivity contribution in [1.29, 1.82) is 0 Å². The molecule has 0 aliphatic heterocycles. The molecule has 2 aliphatic carbocycles. The van der Waals surface area contributed by atoms with Crippen LogP contribution in [0.2, 0.25) is 0 Å². The second-order valence-corrected chi connectivity index (χ2v) is 7.97. The van der Waals surface area contributed by atoms with E-state index < -0.39 is 0 Å². The molecule has 2 aromatic carbocycles. The minimum absolute atomic E-state index is 0. The molecule has 0 saturated heterocycles. The summed E-state index contributed by atoms with van der Waals surface area (Å²) in [7, 11) is 0. The summed E-state index contributed by atoms with van der Waals surface area (Å²) >= 11 is 0. The molecular weight excluding hydrogens is 372 g/mol. The summed E-state index contributed by atoms with van der Waals surface area (Å²) in [5.41, 5.74) is 8.16. The first-order chi connectivity index (χ1) is 13.2. The number of nitrogens with two attached hydrogens (primary N) is 1. The molecule has 28 heavy (non-hydrogen) atoms. The van der Waals surface area contributed by atoms with E-state index in [4.69, 9.17) is 10.5 Å². The van der Waals surface area contributed by atoms with Gasteiger partial charge < -0.3 is 15.8 Å². The molecule has 2 atom stereocenters. The van der Waals surface area contributed by atoms with Crippen molar-refractivity contribution in [3.05, 3.63) is 65.7 Å². The van der Waals surface area contributed by atoms with E-state index in [0.717, 1.165) is 43.4 Å². The fourth-order valence-electron chi connectivity index (χ4n) is 4.19. The first kappa shape index (κ1) is 20.7. The van der Waals surface area contributed by atoms with Crippen LogP contribution in [0.5, 0.6) is 5.75 Å². The third-order valence-corrected chi connectivity index (χ3v) is 6.02. The maximum Gasteiger partial charge on any atom is 0.224 e. The molecule has 4 nitrogen and oxygen atoms in total. The average Bonchev–Trinajstić information content (AvgIpc) is 3.39. The molecule has 4 rings (SSSR count). The predicted molar refractivity (Wildman–Crippen MR) is 114 cm³/mol. The van der Waals surface area contributed by atoms with Gasteiger partial charge in [0.05, 0.1) is 5.54 Å². The highest BCUT2D eigenvalue weighted by atomic mass is 35.5. The fourth-order valence-corrected chi connectivity index (χ4v) is 4.19. The van der Waals surface area contributed by atoms with Gasteiger partial charge in [0.1, 0.15) is 12.4 Å². The Hall–Kier alpha value is -2.04. The van der Waals surface area contributed by atoms with Crippen LogP contribution in [-0.4, -0.2) is 18.0 Å². The van der Waals surface area contributed by atoms with E-state index in [9.17, 15) is 4.79 Å². The summed E-state index contributed by atoms with van der Waals surface area (Å²) in [5, 5.41) is 3.26. The normalized spacial score (nSPS) is 22.2. The minimum atomic E-state index is -0.153. The van der Waals surface area contributed by atoms with Crippen LogP contribution in [0.4, 0.5) is 0 Å². The Morgan fingerprint density at radius 3 is 2.39 bits per heavy atom. The molecule has 0 heterocycles. The smallest absolute Gasteiger partial charge is 0.224 e. The van der Waals surface area contributed by atoms with Crippen molar-refractivity contribution in [3.63, 3.8) is 0 Å². The molecule has 0 aromatic heterocycles. The molecule has 3 N–H and O–H groups in total. The quantitative estimate of drug-likeness (QED) is 0.732. The van der Waals surface area contributed by atoms with Gasteiger partial charge in [-0.25, -0.2) is 0 Å². The number of halogens is 1. The summed E-state index contributed by atoms with van der Waals surface area (Å²) in [4.78, 5) is 12.6. The lowest BCUT2D eigenvalue weighted by atomic mass is 9.97. The Balaban J connectivity index is 0.00000225. The van der Waals surface area contributed by atoms with Gasteiger partial charge in [-0.2, -0.15) is 0 Å². The number of benzene rings is 2. The molecule has 2 fully saturated rings. The predicted octanol–water partition coefficient (Wildman–Crippen LogP) is 4.18. The van der Waals surface area contributed by atoms with Crippen LogP contribution in [0.1, 0.15) is 49.1 Å². The van der Waals surface area contributed by atoms with Crippen LogP contribution in [-0.2, 0) is 11.4 Å². The number of nitrogens with one attached hydrogen (secondary N) is 1. The lowest BCUT2D eigenvalue weighted by molar-refractivity contribution is -0.124. The van der Waals surface area contributed by atoms with Crippen molar-refractivity contribution in [3.8, 4) is 5.75 Å². The minimum Gasteiger partial charge on any atom is -0.489 e. The van der Waals surface area contributed by atoms with Gasteiger partial charge in [0.15, 0.2) is 0 Å². The Labute approximate surface area is 173 Å². The van der Waals surface area contributed by atoms with Gasteiger partial charge in [0, 0.05) is 12.5 Å². The van der Waals surface area contributed by atoms with Crippen molar-refractivity contribution in [1.82, 2.24) is 5.32 Å². The molecule has 2 aliphatic rings. The second-order valence-electron chi connectivity index (χ2n) is 7.97. The van der Waals surface area contributed by atoms with Gasteiger partial charge in [0.2, 0.25) is 5.91 Å². The number of hydrogen-bond donors (Lipinski definition) is 2. The van der Waals surface area contributed by atoms with Crippen molar-refractivity contribution in [2.24, 2.45) is 11.7 Å². The summed E-state index contributed by atoms with van der Waals surface area (Å²) in [5.74, 6) is 1.45. The topological polar surface area (TPSA) is 64.3 Å². The number of ether oxygens (including phenoxy) is 1. The van der Waals surface area contributed by atoms with Crippen LogP contribution < -0.4 is 15.8 Å². The maximum absolute atomic E-state index is 12.6. The van der Waals surface area contributed by atoms with Gasteiger partial charge in [-0.3, -0.25) is 4.79 Å². The summed E-state index contributed by atoms with van der Waals surface area (Å²) in [6.45, 7) is 1.11. The van der Waals surface area contributed by atoms with Crippen LogP contribution in [0.15, 0.2) is 54.6 Å². The third kappa shape index (κ3) is 4.68. The monoisotopic (exact) mass is 400 g/mol. The van der Waals surface area contributed by atoms with Crippen molar-refractivity contribution in [2.75, 3.05) is 6.54 Å². The number of rotatable bonds is 7. The van der Waals surface area contributed by atoms with Gasteiger partial charge in [-0.05, 0) is 48.4 Å². The van der Waals surface area contributed by atoms with E-state index in [2.05, 4.69) is 29.6 Å². The second kappa shape index (κ2) is 8.97. The molecule has 0 radical (unpaired) electrons. The molecule has 5 heteroatoms. The largest absolute Gasteiger partial charge is 0.489 e. The lowest BCUT2D eigenvalue weighted by Gasteiger charge is -2.28. The highest BCUT2D eigenvalue weighted by Gasteiger charge is 2.46. The van der Waals surface area contributed by atoms with Crippen molar-refractivity contribution in [2.45, 2.75) is 50.2 Å². The van der Waals surface area contributed by atoms with Crippen molar-refractivity contribution < 1.29 is 9.53 Å². The number of amides is 1. The molecular formula is C23H29ClN2O2. The first-order valence-electron chi connectivity index (χ1n) is 9.98. The molecule has 0 bridgehead atoms. The Kier molecular flexibility index (Phi) is 6.63. The van der Waals surface area contributed by atoms with Gasteiger partial charge in [0.25, 0.3) is 0 Å². The molecule has 150 valence electrons. The Bertz CT molecular complexity index is 773. The zero-order chi connectivity index (χ0) is 18.7. The molecule has 1 amide bonds. The number of carbonyl (C=O) groups excluding carboxylic acids is 1. The van der Waals surface area contributed by atoms with E-state index in [1.807, 2.05) is 30.3 Å². The number of hydrogen-bond acceptors (Lipinski definition) is 3. The van der Waals surface area contributed by atoms with E-state index in [-0.39, 0.29) is 29.8 Å². The third-order valence-electron chi connectivity index (χ3n) is 6.02. The zero-order valence-electron chi connectivity index (χ0n) is 16.1. The number of carbonyl (C=O) groups is 1. The van der Waals surface area contributed by atoms with Crippen molar-refractivity contribution >= 4 is 18.3 Å². The van der Waals surface area contributed by atoms with Gasteiger partial charge >= 0.3 is 0 Å². The first-order valence-corrected chi connectivity index (χ1v) is 9.98.